The predicted octanol–water partition coefficient (Wildman–Crippen LogP) is 3.72. The van der Waals surface area contributed by atoms with E-state index in [-0.39, 0.29) is 29.6 Å². The Morgan fingerprint density at radius 2 is 1.68 bits per heavy atom. The number of hydrogen-bond donors (Lipinski definition) is 2. The molecule has 0 bridgehead atoms. The number of hydrogen-bond acceptors (Lipinski definition) is 5. The van der Waals surface area contributed by atoms with Crippen LogP contribution < -0.4 is 16.6 Å². The summed E-state index contributed by atoms with van der Waals surface area (Å²) in [6, 6.07) is 6.08. The first-order valence-electron chi connectivity index (χ1n) is 11.7. The van der Waals surface area contributed by atoms with Gasteiger partial charge in [0.2, 0.25) is 0 Å². The lowest BCUT2D eigenvalue weighted by molar-refractivity contribution is 0.0915. The molecule has 1 fully saturated rings. The number of carbonyl (C=O) groups is 1. The second-order valence-corrected chi connectivity index (χ2v) is 9.03. The van der Waals surface area contributed by atoms with Crippen LogP contribution in [0.5, 0.6) is 5.75 Å². The number of nitrogens with one attached hydrogen (secondary N) is 1. The fraction of sp³-hybridized carbons (Fsp3) is 0.231. The molecule has 4 aromatic rings. The minimum absolute atomic E-state index is 0.0996. The van der Waals surface area contributed by atoms with Crippen molar-refractivity contribution < 1.29 is 27.5 Å². The average Bonchev–Trinajstić information content (AvgIpc) is 2.87. The Bertz CT molecular complexity index is 1670. The normalized spacial score (nSPS) is 17.5. The summed E-state index contributed by atoms with van der Waals surface area (Å²) in [5.74, 6) is -5.36. The van der Waals surface area contributed by atoms with Crippen molar-refractivity contribution in [3.05, 3.63) is 98.3 Å². The maximum atomic E-state index is 14.0. The highest BCUT2D eigenvalue weighted by Gasteiger charge is 2.29. The van der Waals surface area contributed by atoms with Crippen LogP contribution in [0.1, 0.15) is 42.1 Å². The summed E-state index contributed by atoms with van der Waals surface area (Å²) in [6.45, 7) is 0. The molecule has 2 heterocycles. The zero-order chi connectivity index (χ0) is 27.1. The van der Waals surface area contributed by atoms with Gasteiger partial charge in [0.25, 0.3) is 11.5 Å². The third kappa shape index (κ3) is 4.42. The number of amides is 1. The molecule has 0 spiro atoms. The van der Waals surface area contributed by atoms with Gasteiger partial charge in [0.1, 0.15) is 22.9 Å². The Balaban J connectivity index is 1.48. The van der Waals surface area contributed by atoms with Gasteiger partial charge in [-0.2, -0.15) is 0 Å². The number of nitrogens with zero attached hydrogens (tertiary/aromatic N) is 3. The van der Waals surface area contributed by atoms with Crippen LogP contribution in [-0.2, 0) is 0 Å². The molecule has 8 nitrogen and oxygen atoms in total. The molecular formula is C26H20F4N4O4. The van der Waals surface area contributed by atoms with E-state index in [1.807, 2.05) is 0 Å². The Morgan fingerprint density at radius 3 is 2.37 bits per heavy atom. The van der Waals surface area contributed by atoms with Gasteiger partial charge >= 0.3 is 5.69 Å². The number of halogens is 4. The molecule has 12 heteroatoms. The van der Waals surface area contributed by atoms with Crippen molar-refractivity contribution >= 4 is 16.9 Å². The standard InChI is InChI=1S/C26H20F4N4O4/c27-13-10-17-23(31-12-13)33(16-8-9-18(28)20(30)11-16)26(38)34(25(17)37)15-6-4-14(5-7-15)32-24(36)22-19(29)2-1-3-21(22)35/h1-3,8-12,14-15,35H,4-7H2,(H,32,36)/t14-,15+. The number of benzene rings is 2. The SMILES string of the molecule is O=C(N[C@H]1CC[C@@H](n2c(=O)c3cc(F)cnc3n(-c3ccc(F)c(F)c3)c2=O)CC1)c1c(O)cccc1F. The summed E-state index contributed by atoms with van der Waals surface area (Å²) in [5.41, 5.74) is -2.45. The maximum absolute atomic E-state index is 14.0. The van der Waals surface area contributed by atoms with Gasteiger partial charge in [-0.05, 0) is 56.0 Å². The molecule has 1 aliphatic carbocycles. The van der Waals surface area contributed by atoms with Gasteiger partial charge in [0, 0.05) is 18.2 Å². The van der Waals surface area contributed by atoms with Crippen molar-refractivity contribution in [1.29, 1.82) is 0 Å². The third-order valence-corrected chi connectivity index (χ3v) is 6.67. The average molecular weight is 528 g/mol. The van der Waals surface area contributed by atoms with Crippen LogP contribution >= 0.6 is 0 Å². The van der Waals surface area contributed by atoms with Crippen molar-refractivity contribution in [2.24, 2.45) is 0 Å². The maximum Gasteiger partial charge on any atom is 0.337 e. The van der Waals surface area contributed by atoms with Gasteiger partial charge in [0.15, 0.2) is 17.3 Å². The van der Waals surface area contributed by atoms with Gasteiger partial charge in [-0.1, -0.05) is 6.07 Å². The fourth-order valence-electron chi connectivity index (χ4n) is 4.83. The number of aromatic hydroxyl groups is 1. The topological polar surface area (TPSA) is 106 Å². The molecule has 2 N–H and O–H groups in total. The molecule has 196 valence electrons. The number of fused-ring (bicyclic) bond motifs is 1. The number of rotatable bonds is 4. The van der Waals surface area contributed by atoms with Crippen LogP contribution in [-0.4, -0.2) is 31.2 Å². The molecule has 5 rings (SSSR count). The van der Waals surface area contributed by atoms with Gasteiger partial charge in [0.05, 0.1) is 17.3 Å². The molecule has 2 aromatic carbocycles. The van der Waals surface area contributed by atoms with E-state index in [0.29, 0.717) is 12.8 Å². The number of phenolic OH excluding ortho intramolecular Hbond substituents is 1. The highest BCUT2D eigenvalue weighted by atomic mass is 19.2. The van der Waals surface area contributed by atoms with Gasteiger partial charge in [-0.15, -0.1) is 0 Å². The Hall–Kier alpha value is -4.48. The highest BCUT2D eigenvalue weighted by molar-refractivity contribution is 5.97. The number of phenols is 1. The molecule has 0 atom stereocenters. The summed E-state index contributed by atoms with van der Waals surface area (Å²) < 4.78 is 57.5. The molecule has 0 unspecified atom stereocenters. The first-order valence-corrected chi connectivity index (χ1v) is 11.7. The molecule has 1 amide bonds. The Labute approximate surface area is 211 Å². The molecule has 38 heavy (non-hydrogen) atoms. The van der Waals surface area contributed by atoms with Gasteiger partial charge in [-0.25, -0.2) is 31.9 Å². The summed E-state index contributed by atoms with van der Waals surface area (Å²) in [4.78, 5) is 43.2. The first-order chi connectivity index (χ1) is 18.2. The van der Waals surface area contributed by atoms with Crippen LogP contribution in [0.2, 0.25) is 0 Å². The number of pyridine rings is 1. The lowest BCUT2D eigenvalue weighted by Crippen LogP contribution is -2.45. The van der Waals surface area contributed by atoms with Gasteiger partial charge < -0.3 is 10.4 Å². The van der Waals surface area contributed by atoms with Crippen molar-refractivity contribution in [3.63, 3.8) is 0 Å². The van der Waals surface area contributed by atoms with Crippen molar-refractivity contribution in [3.8, 4) is 11.4 Å². The lowest BCUT2D eigenvalue weighted by atomic mass is 9.90. The molecular weight excluding hydrogens is 508 g/mol. The number of aromatic nitrogens is 3. The molecule has 1 aliphatic rings. The summed E-state index contributed by atoms with van der Waals surface area (Å²) in [7, 11) is 0. The second-order valence-electron chi connectivity index (χ2n) is 9.03. The monoisotopic (exact) mass is 528 g/mol. The van der Waals surface area contributed by atoms with Gasteiger partial charge in [-0.3, -0.25) is 14.2 Å². The quantitative estimate of drug-likeness (QED) is 0.393. The number of carbonyl (C=O) groups excluding carboxylic acids is 1. The van der Waals surface area contributed by atoms with E-state index in [9.17, 15) is 37.1 Å². The zero-order valence-electron chi connectivity index (χ0n) is 19.6. The van der Waals surface area contributed by atoms with Crippen LogP contribution in [0.15, 0.2) is 58.3 Å². The zero-order valence-corrected chi connectivity index (χ0v) is 19.6. The molecule has 0 saturated heterocycles. The molecule has 0 radical (unpaired) electrons. The van der Waals surface area contributed by atoms with Crippen molar-refractivity contribution in [2.45, 2.75) is 37.8 Å². The van der Waals surface area contributed by atoms with E-state index < -0.39 is 63.8 Å². The van der Waals surface area contributed by atoms with Crippen LogP contribution in [0, 0.1) is 23.3 Å². The minimum Gasteiger partial charge on any atom is -0.507 e. The van der Waals surface area contributed by atoms with Crippen LogP contribution in [0.3, 0.4) is 0 Å². The Morgan fingerprint density at radius 1 is 0.947 bits per heavy atom. The van der Waals surface area contributed by atoms with Crippen LogP contribution in [0.25, 0.3) is 16.7 Å². The van der Waals surface area contributed by atoms with E-state index in [1.165, 1.54) is 12.1 Å². The van der Waals surface area contributed by atoms with Crippen LogP contribution in [0.4, 0.5) is 17.6 Å². The predicted molar refractivity (Wildman–Crippen MR) is 128 cm³/mol. The molecule has 0 aliphatic heterocycles. The summed E-state index contributed by atoms with van der Waals surface area (Å²) in [6.07, 6.45) is 1.91. The van der Waals surface area contributed by atoms with E-state index in [1.54, 1.807) is 0 Å². The summed E-state index contributed by atoms with van der Waals surface area (Å²) in [5, 5.41) is 12.3. The summed E-state index contributed by atoms with van der Waals surface area (Å²) >= 11 is 0. The lowest BCUT2D eigenvalue weighted by Gasteiger charge is -2.30. The minimum atomic E-state index is -1.22. The first kappa shape index (κ1) is 25.2. The fourth-order valence-corrected chi connectivity index (χ4v) is 4.83. The van der Waals surface area contributed by atoms with E-state index in [2.05, 4.69) is 10.3 Å². The second kappa shape index (κ2) is 9.77. The van der Waals surface area contributed by atoms with Crippen molar-refractivity contribution in [2.75, 3.05) is 0 Å². The molecule has 2 aromatic heterocycles. The largest absolute Gasteiger partial charge is 0.507 e. The highest BCUT2D eigenvalue weighted by Crippen LogP contribution is 2.28. The van der Waals surface area contributed by atoms with E-state index in [0.717, 1.165) is 45.7 Å². The van der Waals surface area contributed by atoms with Crippen molar-refractivity contribution in [1.82, 2.24) is 19.4 Å². The smallest absolute Gasteiger partial charge is 0.337 e. The third-order valence-electron chi connectivity index (χ3n) is 6.67. The van der Waals surface area contributed by atoms with E-state index >= 15 is 0 Å². The Kier molecular flexibility index (Phi) is 6.47. The molecule has 1 saturated carbocycles. The van der Waals surface area contributed by atoms with E-state index in [4.69, 9.17) is 0 Å².